The zero-order valence-corrected chi connectivity index (χ0v) is 14.9. The maximum atomic E-state index is 12.5. The molecule has 0 aliphatic carbocycles. The first-order valence-corrected chi connectivity index (χ1v) is 9.09. The number of hydrogen-bond acceptors (Lipinski definition) is 5. The highest BCUT2D eigenvalue weighted by Gasteiger charge is 2.17. The van der Waals surface area contributed by atoms with E-state index in [1.54, 1.807) is 12.3 Å². The van der Waals surface area contributed by atoms with Gasteiger partial charge in [-0.2, -0.15) is 5.10 Å². The summed E-state index contributed by atoms with van der Waals surface area (Å²) in [6, 6.07) is 11.3. The number of amides is 1. The second-order valence-electron chi connectivity index (χ2n) is 6.68. The first-order chi connectivity index (χ1) is 13.2. The second-order valence-corrected chi connectivity index (χ2v) is 6.68. The van der Waals surface area contributed by atoms with E-state index in [2.05, 4.69) is 20.5 Å². The lowest BCUT2D eigenvalue weighted by Crippen LogP contribution is -2.47. The van der Waals surface area contributed by atoms with Crippen molar-refractivity contribution in [3.63, 3.8) is 0 Å². The summed E-state index contributed by atoms with van der Waals surface area (Å²) < 4.78 is 0. The number of carbonyl (C=O) groups excluding carboxylic acids is 1. The topological polar surface area (TPSA) is 91.0 Å². The SMILES string of the molecule is O=C(Cc1cc(Cc2n[nH]c(=O)c3ccccc23)ccn1)N1CCNCC1. The Kier molecular flexibility index (Phi) is 4.93. The van der Waals surface area contributed by atoms with Gasteiger partial charge in [0.1, 0.15) is 0 Å². The van der Waals surface area contributed by atoms with Crippen LogP contribution in [0.3, 0.4) is 0 Å². The molecule has 3 aromatic rings. The fourth-order valence-corrected chi connectivity index (χ4v) is 3.42. The van der Waals surface area contributed by atoms with E-state index in [-0.39, 0.29) is 11.5 Å². The summed E-state index contributed by atoms with van der Waals surface area (Å²) in [5.41, 5.74) is 2.38. The zero-order chi connectivity index (χ0) is 18.6. The van der Waals surface area contributed by atoms with E-state index in [1.165, 1.54) is 0 Å². The van der Waals surface area contributed by atoms with Crippen molar-refractivity contribution in [3.8, 4) is 0 Å². The number of nitrogens with zero attached hydrogens (tertiary/aromatic N) is 3. The van der Waals surface area contributed by atoms with Gasteiger partial charge in [-0.3, -0.25) is 14.6 Å². The van der Waals surface area contributed by atoms with Gasteiger partial charge in [-0.15, -0.1) is 0 Å². The van der Waals surface area contributed by atoms with Crippen LogP contribution in [-0.2, 0) is 17.6 Å². The molecule has 1 fully saturated rings. The van der Waals surface area contributed by atoms with Crippen molar-refractivity contribution in [1.82, 2.24) is 25.4 Å². The molecular formula is C20H21N5O2. The molecule has 1 saturated heterocycles. The van der Waals surface area contributed by atoms with E-state index in [0.29, 0.717) is 18.2 Å². The fourth-order valence-electron chi connectivity index (χ4n) is 3.42. The summed E-state index contributed by atoms with van der Waals surface area (Å²) >= 11 is 0. The molecule has 0 unspecified atom stereocenters. The number of fused-ring (bicyclic) bond motifs is 1. The third-order valence-electron chi connectivity index (χ3n) is 4.83. The highest BCUT2D eigenvalue weighted by atomic mass is 16.2. The second kappa shape index (κ2) is 7.67. The molecule has 0 atom stereocenters. The fraction of sp³-hybridized carbons (Fsp3) is 0.300. The summed E-state index contributed by atoms with van der Waals surface area (Å²) in [6.45, 7) is 3.16. The van der Waals surface area contributed by atoms with Gasteiger partial charge in [0.15, 0.2) is 0 Å². The van der Waals surface area contributed by atoms with E-state index in [9.17, 15) is 9.59 Å². The predicted octanol–water partition coefficient (Wildman–Crippen LogP) is 0.883. The lowest BCUT2D eigenvalue weighted by Gasteiger charge is -2.27. The van der Waals surface area contributed by atoms with Gasteiger partial charge in [-0.05, 0) is 23.8 Å². The minimum atomic E-state index is -0.189. The van der Waals surface area contributed by atoms with Crippen molar-refractivity contribution in [2.24, 2.45) is 0 Å². The lowest BCUT2D eigenvalue weighted by atomic mass is 10.0. The van der Waals surface area contributed by atoms with Gasteiger partial charge in [0, 0.05) is 49.9 Å². The summed E-state index contributed by atoms with van der Waals surface area (Å²) in [5.74, 6) is 0.105. The molecule has 0 spiro atoms. The Morgan fingerprint density at radius 2 is 1.89 bits per heavy atom. The zero-order valence-electron chi connectivity index (χ0n) is 14.9. The number of aromatic amines is 1. The normalized spacial score (nSPS) is 14.4. The first-order valence-electron chi connectivity index (χ1n) is 9.09. The van der Waals surface area contributed by atoms with Gasteiger partial charge in [-0.25, -0.2) is 5.10 Å². The molecule has 1 amide bonds. The Bertz CT molecular complexity index is 1020. The Labute approximate surface area is 156 Å². The molecule has 1 aliphatic heterocycles. The van der Waals surface area contributed by atoms with Gasteiger partial charge < -0.3 is 10.2 Å². The van der Waals surface area contributed by atoms with Crippen molar-refractivity contribution >= 4 is 16.7 Å². The first kappa shape index (κ1) is 17.4. The third kappa shape index (κ3) is 3.88. The van der Waals surface area contributed by atoms with E-state index in [1.807, 2.05) is 35.2 Å². The Balaban J connectivity index is 1.54. The molecular weight excluding hydrogens is 342 g/mol. The predicted molar refractivity (Wildman–Crippen MR) is 103 cm³/mol. The van der Waals surface area contributed by atoms with Crippen LogP contribution in [0.15, 0.2) is 47.4 Å². The quantitative estimate of drug-likeness (QED) is 0.718. The van der Waals surface area contributed by atoms with Crippen molar-refractivity contribution in [3.05, 3.63) is 69.9 Å². The van der Waals surface area contributed by atoms with Crippen LogP contribution in [0.5, 0.6) is 0 Å². The molecule has 7 heteroatoms. The van der Waals surface area contributed by atoms with E-state index < -0.39 is 0 Å². The molecule has 7 nitrogen and oxygen atoms in total. The average molecular weight is 363 g/mol. The van der Waals surface area contributed by atoms with Crippen molar-refractivity contribution in [1.29, 1.82) is 0 Å². The van der Waals surface area contributed by atoms with Gasteiger partial charge >= 0.3 is 0 Å². The molecule has 1 aliphatic rings. The monoisotopic (exact) mass is 363 g/mol. The number of aromatic nitrogens is 3. The number of carbonyl (C=O) groups is 1. The minimum absolute atomic E-state index is 0.105. The smallest absolute Gasteiger partial charge is 0.272 e. The van der Waals surface area contributed by atoms with Crippen LogP contribution >= 0.6 is 0 Å². The van der Waals surface area contributed by atoms with E-state index in [4.69, 9.17) is 0 Å². The Hall–Kier alpha value is -3.06. The molecule has 4 rings (SSSR count). The molecule has 138 valence electrons. The average Bonchev–Trinajstić information content (AvgIpc) is 2.71. The molecule has 0 bridgehead atoms. The maximum absolute atomic E-state index is 12.5. The molecule has 2 aromatic heterocycles. The number of rotatable bonds is 4. The van der Waals surface area contributed by atoms with Crippen molar-refractivity contribution in [2.45, 2.75) is 12.8 Å². The van der Waals surface area contributed by atoms with E-state index in [0.717, 1.165) is 48.5 Å². The minimum Gasteiger partial charge on any atom is -0.340 e. The molecule has 0 saturated carbocycles. The van der Waals surface area contributed by atoms with Gasteiger partial charge in [0.25, 0.3) is 5.56 Å². The summed E-state index contributed by atoms with van der Waals surface area (Å²) in [6.07, 6.45) is 2.59. The van der Waals surface area contributed by atoms with Gasteiger partial charge in [0.2, 0.25) is 5.91 Å². The molecule has 1 aromatic carbocycles. The highest BCUT2D eigenvalue weighted by Crippen LogP contribution is 2.16. The number of hydrogen-bond donors (Lipinski definition) is 2. The van der Waals surface area contributed by atoms with Crippen LogP contribution in [0.2, 0.25) is 0 Å². The van der Waals surface area contributed by atoms with Crippen LogP contribution in [0.25, 0.3) is 10.8 Å². The number of piperazine rings is 1. The molecule has 3 heterocycles. The molecule has 2 N–H and O–H groups in total. The van der Waals surface area contributed by atoms with Crippen molar-refractivity contribution in [2.75, 3.05) is 26.2 Å². The summed E-state index contributed by atoms with van der Waals surface area (Å²) in [7, 11) is 0. The number of nitrogens with one attached hydrogen (secondary N) is 2. The van der Waals surface area contributed by atoms with Crippen LogP contribution in [0.1, 0.15) is 17.0 Å². The van der Waals surface area contributed by atoms with Gasteiger partial charge in [0.05, 0.1) is 17.5 Å². The maximum Gasteiger partial charge on any atom is 0.272 e. The van der Waals surface area contributed by atoms with E-state index >= 15 is 0 Å². The Morgan fingerprint density at radius 1 is 1.11 bits per heavy atom. The summed E-state index contributed by atoms with van der Waals surface area (Å²) in [5, 5.41) is 11.5. The third-order valence-corrected chi connectivity index (χ3v) is 4.83. The van der Waals surface area contributed by atoms with Crippen LogP contribution in [0.4, 0.5) is 0 Å². The number of pyridine rings is 1. The van der Waals surface area contributed by atoms with Crippen molar-refractivity contribution < 1.29 is 4.79 Å². The standard InChI is InChI=1S/C20H21N5O2/c26-19(25-9-7-21-8-10-25)13-15-11-14(5-6-22-15)12-18-16-3-1-2-4-17(16)20(27)24-23-18/h1-6,11,21H,7-10,12-13H2,(H,24,27). The summed E-state index contributed by atoms with van der Waals surface area (Å²) in [4.78, 5) is 30.6. The Morgan fingerprint density at radius 3 is 2.70 bits per heavy atom. The van der Waals surface area contributed by atoms with Gasteiger partial charge in [-0.1, -0.05) is 18.2 Å². The number of benzene rings is 1. The van der Waals surface area contributed by atoms with Crippen LogP contribution in [-0.4, -0.2) is 52.2 Å². The largest absolute Gasteiger partial charge is 0.340 e. The van der Waals surface area contributed by atoms with Crippen LogP contribution in [0, 0.1) is 0 Å². The molecule has 0 radical (unpaired) electrons. The molecule has 27 heavy (non-hydrogen) atoms. The number of H-pyrrole nitrogens is 1. The lowest BCUT2D eigenvalue weighted by molar-refractivity contribution is -0.131. The highest BCUT2D eigenvalue weighted by molar-refractivity contribution is 5.83. The van der Waals surface area contributed by atoms with Crippen LogP contribution < -0.4 is 10.9 Å².